The molecule has 0 aliphatic carbocycles. The molecule has 0 saturated heterocycles. The maximum absolute atomic E-state index is 12.5. The number of carbonyl (C=O) groups excluding carboxylic acids is 1. The van der Waals surface area contributed by atoms with Crippen LogP contribution in [0.4, 0.5) is 24.8 Å². The molecule has 2 rings (SSSR count). The lowest BCUT2D eigenvalue weighted by Gasteiger charge is -2.12. The molecule has 1 heterocycles. The maximum Gasteiger partial charge on any atom is 0.471 e. The van der Waals surface area contributed by atoms with Crippen molar-refractivity contribution in [2.75, 3.05) is 5.32 Å². The van der Waals surface area contributed by atoms with E-state index in [9.17, 15) is 18.0 Å². The van der Waals surface area contributed by atoms with E-state index in [0.717, 1.165) is 4.47 Å². The van der Waals surface area contributed by atoms with E-state index in [1.165, 1.54) is 0 Å². The van der Waals surface area contributed by atoms with Gasteiger partial charge in [0.1, 0.15) is 0 Å². The topological polar surface area (TPSA) is 79.3 Å². The van der Waals surface area contributed by atoms with Gasteiger partial charge in [-0.2, -0.15) is 18.2 Å². The lowest BCUT2D eigenvalue weighted by molar-refractivity contribution is -0.171. The van der Waals surface area contributed by atoms with E-state index in [-0.39, 0.29) is 5.95 Å². The highest BCUT2D eigenvalue weighted by atomic mass is 79.9. The second kappa shape index (κ2) is 7.60. The minimum Gasteiger partial charge on any atom is -0.326 e. The first-order chi connectivity index (χ1) is 11.6. The zero-order valence-electron chi connectivity index (χ0n) is 13.1. The molecule has 0 spiro atoms. The zero-order valence-corrected chi connectivity index (χ0v) is 14.7. The fourth-order valence-corrected chi connectivity index (χ4v) is 2.06. The summed E-state index contributed by atoms with van der Waals surface area (Å²) < 4.78 is 38.4. The van der Waals surface area contributed by atoms with Crippen LogP contribution in [-0.2, 0) is 4.79 Å². The Bertz CT molecular complexity index is 786. The Labute approximate surface area is 149 Å². The summed E-state index contributed by atoms with van der Waals surface area (Å²) in [5.41, 5.74) is 1.61. The van der Waals surface area contributed by atoms with Crippen LogP contribution < -0.4 is 10.6 Å². The first-order valence-electron chi connectivity index (χ1n) is 6.95. The van der Waals surface area contributed by atoms with Gasteiger partial charge in [-0.1, -0.05) is 15.9 Å². The molecule has 0 aliphatic rings. The molecule has 2 aromatic rings. The van der Waals surface area contributed by atoms with Crippen LogP contribution in [0.2, 0.25) is 0 Å². The standard InChI is InChI=1S/C15H13BrF3N5O/c1-8-7-9(2)21-13(20-8)24-14(23-12(25)15(17,18)19)22-11-5-3-10(16)4-6-11/h3-7H,1-2H3,(H2,20,21,22,23,24,25). The van der Waals surface area contributed by atoms with Crippen molar-refractivity contribution in [3.8, 4) is 0 Å². The number of guanidine groups is 1. The maximum atomic E-state index is 12.5. The first-order valence-corrected chi connectivity index (χ1v) is 7.74. The van der Waals surface area contributed by atoms with Crippen LogP contribution in [0.5, 0.6) is 0 Å². The molecule has 0 fully saturated rings. The Balaban J connectivity index is 2.35. The average Bonchev–Trinajstić information content (AvgIpc) is 2.47. The largest absolute Gasteiger partial charge is 0.471 e. The summed E-state index contributed by atoms with van der Waals surface area (Å²) in [6.07, 6.45) is -5.05. The van der Waals surface area contributed by atoms with E-state index in [0.29, 0.717) is 17.1 Å². The number of carbonyl (C=O) groups is 1. The number of nitrogens with zero attached hydrogens (tertiary/aromatic N) is 3. The Morgan fingerprint density at radius 3 is 2.20 bits per heavy atom. The molecule has 10 heteroatoms. The van der Waals surface area contributed by atoms with Crippen LogP contribution in [0.25, 0.3) is 0 Å². The third-order valence-corrected chi connectivity index (χ3v) is 3.31. The summed E-state index contributed by atoms with van der Waals surface area (Å²) in [6.45, 7) is 3.40. The average molecular weight is 416 g/mol. The van der Waals surface area contributed by atoms with Crippen molar-refractivity contribution < 1.29 is 18.0 Å². The number of amides is 1. The monoisotopic (exact) mass is 415 g/mol. The number of alkyl halides is 3. The van der Waals surface area contributed by atoms with Gasteiger partial charge in [0.05, 0.1) is 0 Å². The van der Waals surface area contributed by atoms with Crippen LogP contribution in [0.3, 0.4) is 0 Å². The Hall–Kier alpha value is -2.49. The molecular weight excluding hydrogens is 403 g/mol. The van der Waals surface area contributed by atoms with Gasteiger partial charge in [0, 0.05) is 21.5 Å². The number of rotatable bonds is 2. The third kappa shape index (κ3) is 5.82. The van der Waals surface area contributed by atoms with E-state index in [2.05, 4.69) is 36.2 Å². The number of aliphatic imine (C=N–C) groups is 1. The lowest BCUT2D eigenvalue weighted by atomic mass is 10.3. The molecule has 0 bridgehead atoms. The number of hydrogen-bond acceptors (Lipinski definition) is 4. The van der Waals surface area contributed by atoms with Crippen molar-refractivity contribution in [2.45, 2.75) is 20.0 Å². The Kier molecular flexibility index (Phi) is 5.73. The van der Waals surface area contributed by atoms with Crippen molar-refractivity contribution in [3.63, 3.8) is 0 Å². The van der Waals surface area contributed by atoms with Crippen molar-refractivity contribution in [1.82, 2.24) is 15.3 Å². The summed E-state index contributed by atoms with van der Waals surface area (Å²) in [7, 11) is 0. The third-order valence-electron chi connectivity index (χ3n) is 2.78. The number of benzene rings is 1. The lowest BCUT2D eigenvalue weighted by Crippen LogP contribution is -2.43. The number of hydrogen-bond donors (Lipinski definition) is 2. The van der Waals surface area contributed by atoms with Gasteiger partial charge in [0.2, 0.25) is 5.96 Å². The van der Waals surface area contributed by atoms with Gasteiger partial charge in [-0.3, -0.25) is 10.1 Å². The predicted octanol–water partition coefficient (Wildman–Crippen LogP) is 3.63. The highest BCUT2D eigenvalue weighted by Crippen LogP contribution is 2.17. The van der Waals surface area contributed by atoms with Gasteiger partial charge >= 0.3 is 12.1 Å². The molecule has 1 amide bonds. The van der Waals surface area contributed by atoms with E-state index in [1.807, 2.05) is 0 Å². The van der Waals surface area contributed by atoms with Crippen LogP contribution in [0.15, 0.2) is 39.8 Å². The molecule has 1 aromatic carbocycles. The van der Waals surface area contributed by atoms with Gasteiger partial charge in [-0.05, 0) is 44.2 Å². The molecule has 0 saturated carbocycles. The molecular formula is C15H13BrF3N5O. The molecule has 0 unspecified atom stereocenters. The first kappa shape index (κ1) is 18.8. The molecule has 6 nitrogen and oxygen atoms in total. The smallest absolute Gasteiger partial charge is 0.326 e. The van der Waals surface area contributed by atoms with Crippen LogP contribution >= 0.6 is 15.9 Å². The SMILES string of the molecule is Cc1cc(C)nc(N=C(NC(=O)C(F)(F)F)Nc2ccc(Br)cc2)n1. The molecule has 25 heavy (non-hydrogen) atoms. The van der Waals surface area contributed by atoms with Gasteiger partial charge < -0.3 is 5.32 Å². The summed E-state index contributed by atoms with van der Waals surface area (Å²) in [5.74, 6) is -2.66. The summed E-state index contributed by atoms with van der Waals surface area (Å²) in [4.78, 5) is 23.2. The molecule has 132 valence electrons. The highest BCUT2D eigenvalue weighted by molar-refractivity contribution is 9.10. The second-order valence-electron chi connectivity index (χ2n) is 4.99. The molecule has 0 atom stereocenters. The fourth-order valence-electron chi connectivity index (χ4n) is 1.79. The van der Waals surface area contributed by atoms with Crippen molar-refractivity contribution in [2.24, 2.45) is 4.99 Å². The second-order valence-corrected chi connectivity index (χ2v) is 5.91. The van der Waals surface area contributed by atoms with Gasteiger partial charge in [-0.15, -0.1) is 0 Å². The molecule has 1 aromatic heterocycles. The van der Waals surface area contributed by atoms with Crippen molar-refractivity contribution >= 4 is 39.4 Å². The summed E-state index contributed by atoms with van der Waals surface area (Å²) in [5, 5.41) is 4.30. The summed E-state index contributed by atoms with van der Waals surface area (Å²) in [6, 6.07) is 8.25. The molecule has 0 aliphatic heterocycles. The number of halogens is 4. The minimum absolute atomic E-state index is 0.0698. The molecule has 0 radical (unpaired) electrons. The molecule has 2 N–H and O–H groups in total. The summed E-state index contributed by atoms with van der Waals surface area (Å²) >= 11 is 3.25. The quantitative estimate of drug-likeness (QED) is 0.579. The van der Waals surface area contributed by atoms with Crippen molar-refractivity contribution in [1.29, 1.82) is 0 Å². The minimum atomic E-state index is -5.05. The zero-order chi connectivity index (χ0) is 18.6. The van der Waals surface area contributed by atoms with Gasteiger partial charge in [-0.25, -0.2) is 9.97 Å². The van der Waals surface area contributed by atoms with E-state index >= 15 is 0 Å². The van der Waals surface area contributed by atoms with Crippen LogP contribution in [-0.4, -0.2) is 28.0 Å². The predicted molar refractivity (Wildman–Crippen MR) is 90.6 cm³/mol. The van der Waals surface area contributed by atoms with E-state index < -0.39 is 18.0 Å². The Morgan fingerprint density at radius 2 is 1.68 bits per heavy atom. The number of nitrogens with one attached hydrogen (secondary N) is 2. The number of anilines is 1. The fraction of sp³-hybridized carbons (Fsp3) is 0.200. The van der Waals surface area contributed by atoms with Gasteiger partial charge in [0.15, 0.2) is 0 Å². The number of aromatic nitrogens is 2. The normalized spacial score (nSPS) is 12.0. The Morgan fingerprint density at radius 1 is 1.12 bits per heavy atom. The number of aryl methyl sites for hydroxylation is 2. The van der Waals surface area contributed by atoms with Crippen LogP contribution in [0.1, 0.15) is 11.4 Å². The van der Waals surface area contributed by atoms with Gasteiger partial charge in [0.25, 0.3) is 5.95 Å². The van der Waals surface area contributed by atoms with Crippen molar-refractivity contribution in [3.05, 3.63) is 46.2 Å². The van der Waals surface area contributed by atoms with Crippen LogP contribution in [0, 0.1) is 13.8 Å². The highest BCUT2D eigenvalue weighted by Gasteiger charge is 2.39. The van der Waals surface area contributed by atoms with E-state index in [4.69, 9.17) is 0 Å². The van der Waals surface area contributed by atoms with E-state index in [1.54, 1.807) is 49.5 Å².